The van der Waals surface area contributed by atoms with Crippen molar-refractivity contribution in [2.24, 2.45) is 16.8 Å². The van der Waals surface area contributed by atoms with E-state index in [9.17, 15) is 0 Å². The number of hydrogen-bond acceptors (Lipinski definition) is 5. The molecule has 0 aromatic carbocycles. The first kappa shape index (κ1) is 14.7. The minimum absolute atomic E-state index is 0.0372. The molecule has 6 heteroatoms. The average Bonchev–Trinajstić information content (AvgIpc) is 2.47. The number of rotatable bonds is 5. The molecule has 1 aliphatic heterocycles. The first-order valence-corrected chi connectivity index (χ1v) is 6.88. The van der Waals surface area contributed by atoms with Crippen molar-refractivity contribution < 1.29 is 9.94 Å². The largest absolute Gasteiger partial charge is 0.409 e. The van der Waals surface area contributed by atoms with Gasteiger partial charge in [-0.15, -0.1) is 0 Å². The van der Waals surface area contributed by atoms with Crippen molar-refractivity contribution in [2.75, 3.05) is 26.8 Å². The summed E-state index contributed by atoms with van der Waals surface area (Å²) in [4.78, 5) is 6.35. The normalized spacial score (nSPS) is 20.3. The number of nitrogens with zero attached hydrogens (tertiary/aromatic N) is 3. The SMILES string of the molecule is CN(Cc1ccnc(C(N)=NO)c1)CC1CCCOC1. The third-order valence-corrected chi connectivity index (χ3v) is 3.47. The molecule has 20 heavy (non-hydrogen) atoms. The second-order valence-corrected chi connectivity index (χ2v) is 5.31. The van der Waals surface area contributed by atoms with Crippen molar-refractivity contribution >= 4 is 5.84 Å². The molecule has 1 aromatic rings. The molecule has 0 aliphatic carbocycles. The van der Waals surface area contributed by atoms with E-state index in [1.165, 1.54) is 6.42 Å². The first-order valence-electron chi connectivity index (χ1n) is 6.88. The lowest BCUT2D eigenvalue weighted by molar-refractivity contribution is 0.0411. The highest BCUT2D eigenvalue weighted by atomic mass is 16.5. The van der Waals surface area contributed by atoms with Gasteiger partial charge in [-0.1, -0.05) is 5.16 Å². The van der Waals surface area contributed by atoms with Gasteiger partial charge in [0.15, 0.2) is 5.84 Å². The second-order valence-electron chi connectivity index (χ2n) is 5.31. The zero-order valence-corrected chi connectivity index (χ0v) is 11.8. The number of oxime groups is 1. The molecule has 0 spiro atoms. The summed E-state index contributed by atoms with van der Waals surface area (Å²) in [6, 6.07) is 3.80. The molecule has 1 atom stereocenters. The fourth-order valence-electron chi connectivity index (χ4n) is 2.53. The molecule has 0 amide bonds. The van der Waals surface area contributed by atoms with Crippen molar-refractivity contribution in [3.8, 4) is 0 Å². The molecule has 0 bridgehead atoms. The van der Waals surface area contributed by atoms with E-state index in [1.807, 2.05) is 12.1 Å². The maximum atomic E-state index is 8.68. The van der Waals surface area contributed by atoms with Gasteiger partial charge in [-0.3, -0.25) is 4.98 Å². The molecule has 1 unspecified atom stereocenters. The Bertz CT molecular complexity index is 458. The fraction of sp³-hybridized carbons (Fsp3) is 0.571. The van der Waals surface area contributed by atoms with Crippen molar-refractivity contribution in [2.45, 2.75) is 19.4 Å². The minimum Gasteiger partial charge on any atom is -0.409 e. The van der Waals surface area contributed by atoms with E-state index in [0.717, 1.165) is 38.3 Å². The highest BCUT2D eigenvalue weighted by Gasteiger charge is 2.16. The number of nitrogens with two attached hydrogens (primary N) is 1. The predicted octanol–water partition coefficient (Wildman–Crippen LogP) is 1.03. The molecule has 2 heterocycles. The molecule has 110 valence electrons. The Labute approximate surface area is 119 Å². The van der Waals surface area contributed by atoms with Gasteiger partial charge in [0.05, 0.1) is 6.61 Å². The van der Waals surface area contributed by atoms with E-state index in [1.54, 1.807) is 6.20 Å². The number of amidine groups is 1. The lowest BCUT2D eigenvalue weighted by atomic mass is 10.0. The first-order chi connectivity index (χ1) is 9.69. The van der Waals surface area contributed by atoms with E-state index in [-0.39, 0.29) is 5.84 Å². The van der Waals surface area contributed by atoms with Crippen molar-refractivity contribution in [3.63, 3.8) is 0 Å². The minimum atomic E-state index is 0.0372. The van der Waals surface area contributed by atoms with Gasteiger partial charge in [0.2, 0.25) is 0 Å². The highest BCUT2D eigenvalue weighted by Crippen LogP contribution is 2.15. The molecule has 1 aliphatic rings. The summed E-state index contributed by atoms with van der Waals surface area (Å²) in [5, 5.41) is 11.7. The van der Waals surface area contributed by atoms with Gasteiger partial charge < -0.3 is 20.6 Å². The van der Waals surface area contributed by atoms with Crippen molar-refractivity contribution in [1.82, 2.24) is 9.88 Å². The zero-order valence-electron chi connectivity index (χ0n) is 11.8. The Balaban J connectivity index is 1.91. The van der Waals surface area contributed by atoms with Gasteiger partial charge in [0.1, 0.15) is 5.69 Å². The summed E-state index contributed by atoms with van der Waals surface area (Å²) < 4.78 is 5.50. The quantitative estimate of drug-likeness (QED) is 0.364. The second kappa shape index (κ2) is 7.21. The topological polar surface area (TPSA) is 84.0 Å². The van der Waals surface area contributed by atoms with Crippen LogP contribution in [0.3, 0.4) is 0 Å². The number of ether oxygens (including phenoxy) is 1. The maximum Gasteiger partial charge on any atom is 0.188 e. The van der Waals surface area contributed by atoms with Crippen LogP contribution in [-0.4, -0.2) is 47.7 Å². The van der Waals surface area contributed by atoms with Gasteiger partial charge in [-0.25, -0.2) is 0 Å². The van der Waals surface area contributed by atoms with Crippen LogP contribution in [0.4, 0.5) is 0 Å². The molecule has 2 rings (SSSR count). The van der Waals surface area contributed by atoms with Crippen LogP contribution < -0.4 is 5.73 Å². The van der Waals surface area contributed by atoms with Crippen LogP contribution in [0.5, 0.6) is 0 Å². The third-order valence-electron chi connectivity index (χ3n) is 3.47. The highest BCUT2D eigenvalue weighted by molar-refractivity contribution is 5.95. The molecule has 3 N–H and O–H groups in total. The summed E-state index contributed by atoms with van der Waals surface area (Å²) in [5.41, 5.74) is 7.15. The number of aromatic nitrogens is 1. The third kappa shape index (κ3) is 4.18. The summed E-state index contributed by atoms with van der Waals surface area (Å²) in [6.45, 7) is 3.58. The Morgan fingerprint density at radius 1 is 1.65 bits per heavy atom. The van der Waals surface area contributed by atoms with Gasteiger partial charge in [-0.05, 0) is 43.5 Å². The van der Waals surface area contributed by atoms with Crippen LogP contribution in [0.2, 0.25) is 0 Å². The lowest BCUT2D eigenvalue weighted by Crippen LogP contribution is -2.30. The number of hydrogen-bond donors (Lipinski definition) is 2. The van der Waals surface area contributed by atoms with Gasteiger partial charge in [-0.2, -0.15) is 0 Å². The Hall–Kier alpha value is -1.66. The van der Waals surface area contributed by atoms with E-state index in [0.29, 0.717) is 11.6 Å². The molecule has 0 radical (unpaired) electrons. The van der Waals surface area contributed by atoms with Crippen molar-refractivity contribution in [3.05, 3.63) is 29.6 Å². The molecule has 6 nitrogen and oxygen atoms in total. The van der Waals surface area contributed by atoms with E-state index in [2.05, 4.69) is 22.1 Å². The lowest BCUT2D eigenvalue weighted by Gasteiger charge is -2.27. The van der Waals surface area contributed by atoms with Crippen LogP contribution in [-0.2, 0) is 11.3 Å². The molecular weight excluding hydrogens is 256 g/mol. The summed E-state index contributed by atoms with van der Waals surface area (Å²) >= 11 is 0. The summed E-state index contributed by atoms with van der Waals surface area (Å²) in [6.07, 6.45) is 4.07. The smallest absolute Gasteiger partial charge is 0.188 e. The maximum absolute atomic E-state index is 8.68. The van der Waals surface area contributed by atoms with Gasteiger partial charge in [0, 0.05) is 25.9 Å². The van der Waals surface area contributed by atoms with E-state index < -0.39 is 0 Å². The van der Waals surface area contributed by atoms with Crippen LogP contribution in [0.1, 0.15) is 24.1 Å². The van der Waals surface area contributed by atoms with Crippen LogP contribution in [0.15, 0.2) is 23.5 Å². The molecular formula is C14H22N4O2. The Morgan fingerprint density at radius 3 is 3.20 bits per heavy atom. The van der Waals surface area contributed by atoms with Crippen LogP contribution in [0, 0.1) is 5.92 Å². The zero-order chi connectivity index (χ0) is 14.4. The predicted molar refractivity (Wildman–Crippen MR) is 76.6 cm³/mol. The van der Waals surface area contributed by atoms with Gasteiger partial charge in [0.25, 0.3) is 0 Å². The van der Waals surface area contributed by atoms with Crippen LogP contribution in [0.25, 0.3) is 0 Å². The summed E-state index contributed by atoms with van der Waals surface area (Å²) in [7, 11) is 2.10. The van der Waals surface area contributed by atoms with E-state index in [4.69, 9.17) is 15.7 Å². The Kier molecular flexibility index (Phi) is 5.31. The van der Waals surface area contributed by atoms with Crippen molar-refractivity contribution in [1.29, 1.82) is 0 Å². The molecule has 1 fully saturated rings. The standard InChI is InChI=1S/C14H22N4O2/c1-18(9-12-3-2-6-20-10-12)8-11-4-5-16-13(7-11)14(15)17-19/h4-5,7,12,19H,2-3,6,8-10H2,1H3,(H2,15,17). The summed E-state index contributed by atoms with van der Waals surface area (Å²) in [5.74, 6) is 0.648. The molecule has 0 saturated carbocycles. The average molecular weight is 278 g/mol. The monoisotopic (exact) mass is 278 g/mol. The van der Waals surface area contributed by atoms with Crippen LogP contribution >= 0.6 is 0 Å². The Morgan fingerprint density at radius 2 is 2.50 bits per heavy atom. The van der Waals surface area contributed by atoms with E-state index >= 15 is 0 Å². The van der Waals surface area contributed by atoms with Gasteiger partial charge >= 0.3 is 0 Å². The fourth-order valence-corrected chi connectivity index (χ4v) is 2.53. The molecule has 1 saturated heterocycles. The molecule has 1 aromatic heterocycles. The number of pyridine rings is 1.